The van der Waals surface area contributed by atoms with E-state index >= 15 is 0 Å². The Morgan fingerprint density at radius 1 is 1.50 bits per heavy atom. The van der Waals surface area contributed by atoms with Crippen molar-refractivity contribution in [3.63, 3.8) is 0 Å². The monoisotopic (exact) mass is 242 g/mol. The number of hydrogen-bond donors (Lipinski definition) is 2. The second-order valence-corrected chi connectivity index (χ2v) is 4.43. The zero-order chi connectivity index (χ0) is 12.7. The smallest absolute Gasteiger partial charge is 0.223 e. The Morgan fingerprint density at radius 2 is 2.33 bits per heavy atom. The van der Waals surface area contributed by atoms with Gasteiger partial charge >= 0.3 is 0 Å². The molecule has 1 aliphatic rings. The molecule has 3 rings (SSSR count). The molecule has 0 radical (unpaired) electrons. The molecule has 0 saturated carbocycles. The number of nitrogen functional groups attached to an aromatic ring is 1. The van der Waals surface area contributed by atoms with E-state index in [0.717, 1.165) is 29.9 Å². The van der Waals surface area contributed by atoms with Gasteiger partial charge < -0.3 is 10.6 Å². The summed E-state index contributed by atoms with van der Waals surface area (Å²) in [6.07, 6.45) is 0.865. The lowest BCUT2D eigenvalue weighted by atomic mass is 10.0. The molecule has 0 spiro atoms. The van der Waals surface area contributed by atoms with Gasteiger partial charge in [0.05, 0.1) is 5.69 Å². The predicted molar refractivity (Wildman–Crippen MR) is 70.2 cm³/mol. The molecule has 2 aromatic rings. The van der Waals surface area contributed by atoms with Crippen molar-refractivity contribution in [2.75, 3.05) is 17.2 Å². The number of carbonyl (C=O) groups is 1. The van der Waals surface area contributed by atoms with E-state index in [1.54, 1.807) is 11.8 Å². The molecule has 0 atom stereocenters. The van der Waals surface area contributed by atoms with E-state index < -0.39 is 0 Å². The lowest BCUT2D eigenvalue weighted by molar-refractivity contribution is -0.116. The predicted octanol–water partition coefficient (Wildman–Crippen LogP) is 1.57. The molecular formula is C13H14N4O. The van der Waals surface area contributed by atoms with Crippen LogP contribution in [-0.2, 0) is 11.2 Å². The molecule has 5 nitrogen and oxygen atoms in total. The number of hydrogen-bond acceptors (Lipinski definition) is 3. The van der Waals surface area contributed by atoms with Crippen LogP contribution in [0.4, 0.5) is 11.5 Å². The van der Waals surface area contributed by atoms with Gasteiger partial charge in [0.2, 0.25) is 5.91 Å². The Bertz CT molecular complexity index is 617. The maximum Gasteiger partial charge on any atom is 0.223 e. The number of rotatable bonds is 1. The molecule has 2 heterocycles. The number of benzene rings is 1. The lowest BCUT2D eigenvalue weighted by Crippen LogP contribution is -2.25. The summed E-state index contributed by atoms with van der Waals surface area (Å²) in [5.41, 5.74) is 9.77. The van der Waals surface area contributed by atoms with Crippen LogP contribution >= 0.6 is 0 Å². The van der Waals surface area contributed by atoms with Gasteiger partial charge in [-0.15, -0.1) is 0 Å². The molecule has 5 heteroatoms. The third-order valence-corrected chi connectivity index (χ3v) is 3.30. The second kappa shape index (κ2) is 3.87. The van der Waals surface area contributed by atoms with Crippen LogP contribution in [0.1, 0.15) is 12.5 Å². The topological polar surface area (TPSA) is 75.0 Å². The SMILES string of the molecule is CC(=O)N1CCc2c(-c3cc(N)n[nH]3)cccc21. The van der Waals surface area contributed by atoms with Crippen LogP contribution in [-0.4, -0.2) is 22.6 Å². The van der Waals surface area contributed by atoms with Gasteiger partial charge in [-0.05, 0) is 18.1 Å². The Labute approximate surface area is 105 Å². The highest BCUT2D eigenvalue weighted by Crippen LogP contribution is 2.35. The van der Waals surface area contributed by atoms with Crippen molar-refractivity contribution >= 4 is 17.4 Å². The van der Waals surface area contributed by atoms with Gasteiger partial charge in [-0.2, -0.15) is 5.10 Å². The summed E-state index contributed by atoms with van der Waals surface area (Å²) in [6.45, 7) is 2.33. The van der Waals surface area contributed by atoms with Crippen molar-refractivity contribution in [2.45, 2.75) is 13.3 Å². The molecule has 0 aliphatic carbocycles. The number of H-pyrrole nitrogens is 1. The van der Waals surface area contributed by atoms with Crippen LogP contribution in [0.25, 0.3) is 11.3 Å². The van der Waals surface area contributed by atoms with E-state index in [0.29, 0.717) is 5.82 Å². The van der Waals surface area contributed by atoms with Crippen molar-refractivity contribution in [3.05, 3.63) is 29.8 Å². The van der Waals surface area contributed by atoms with Crippen molar-refractivity contribution in [1.82, 2.24) is 10.2 Å². The molecule has 1 aliphatic heterocycles. The van der Waals surface area contributed by atoms with Gasteiger partial charge in [0.15, 0.2) is 0 Å². The molecule has 92 valence electrons. The van der Waals surface area contributed by atoms with Crippen LogP contribution in [0.15, 0.2) is 24.3 Å². The first kappa shape index (κ1) is 10.8. The summed E-state index contributed by atoms with van der Waals surface area (Å²) in [4.78, 5) is 13.4. The number of amides is 1. The van der Waals surface area contributed by atoms with Crippen LogP contribution < -0.4 is 10.6 Å². The Balaban J connectivity index is 2.12. The maximum absolute atomic E-state index is 11.5. The fourth-order valence-electron chi connectivity index (χ4n) is 2.49. The zero-order valence-electron chi connectivity index (χ0n) is 10.1. The van der Waals surface area contributed by atoms with E-state index in [1.807, 2.05) is 24.3 Å². The van der Waals surface area contributed by atoms with E-state index in [-0.39, 0.29) is 5.91 Å². The summed E-state index contributed by atoms with van der Waals surface area (Å²) in [6, 6.07) is 7.76. The molecule has 1 aromatic carbocycles. The molecule has 18 heavy (non-hydrogen) atoms. The normalized spacial score (nSPS) is 13.7. The number of nitrogens with one attached hydrogen (secondary N) is 1. The number of nitrogens with two attached hydrogens (primary N) is 1. The minimum absolute atomic E-state index is 0.0787. The number of aromatic nitrogens is 2. The van der Waals surface area contributed by atoms with Crippen molar-refractivity contribution in [3.8, 4) is 11.3 Å². The Kier molecular flexibility index (Phi) is 2.33. The first-order valence-corrected chi connectivity index (χ1v) is 5.88. The maximum atomic E-state index is 11.5. The summed E-state index contributed by atoms with van der Waals surface area (Å²) in [5, 5.41) is 6.86. The molecule has 0 unspecified atom stereocenters. The highest BCUT2D eigenvalue weighted by molar-refractivity contribution is 5.95. The summed E-state index contributed by atoms with van der Waals surface area (Å²) in [5.74, 6) is 0.555. The average Bonchev–Trinajstić information content (AvgIpc) is 2.94. The number of nitrogens with zero attached hydrogens (tertiary/aromatic N) is 2. The fraction of sp³-hybridized carbons (Fsp3) is 0.231. The van der Waals surface area contributed by atoms with E-state index in [1.165, 1.54) is 5.56 Å². The number of aromatic amines is 1. The van der Waals surface area contributed by atoms with Gasteiger partial charge in [-0.3, -0.25) is 9.89 Å². The number of carbonyl (C=O) groups excluding carboxylic acids is 1. The summed E-state index contributed by atoms with van der Waals surface area (Å²) < 4.78 is 0. The Morgan fingerprint density at radius 3 is 3.00 bits per heavy atom. The summed E-state index contributed by atoms with van der Waals surface area (Å²) >= 11 is 0. The van der Waals surface area contributed by atoms with Crippen LogP contribution in [0.3, 0.4) is 0 Å². The molecule has 3 N–H and O–H groups in total. The molecule has 0 saturated heterocycles. The van der Waals surface area contributed by atoms with E-state index in [9.17, 15) is 4.79 Å². The first-order chi connectivity index (χ1) is 8.66. The van der Waals surface area contributed by atoms with Crippen LogP contribution in [0.5, 0.6) is 0 Å². The molecule has 1 aromatic heterocycles. The van der Waals surface area contributed by atoms with Crippen LogP contribution in [0.2, 0.25) is 0 Å². The van der Waals surface area contributed by atoms with E-state index in [2.05, 4.69) is 10.2 Å². The highest BCUT2D eigenvalue weighted by Gasteiger charge is 2.24. The minimum Gasteiger partial charge on any atom is -0.382 e. The van der Waals surface area contributed by atoms with Crippen molar-refractivity contribution < 1.29 is 4.79 Å². The number of fused-ring (bicyclic) bond motifs is 1. The third kappa shape index (κ3) is 1.55. The van der Waals surface area contributed by atoms with Gasteiger partial charge in [-0.25, -0.2) is 0 Å². The molecule has 1 amide bonds. The first-order valence-electron chi connectivity index (χ1n) is 5.88. The molecule has 0 fully saturated rings. The summed E-state index contributed by atoms with van der Waals surface area (Å²) in [7, 11) is 0. The van der Waals surface area contributed by atoms with E-state index in [4.69, 9.17) is 5.73 Å². The highest BCUT2D eigenvalue weighted by atomic mass is 16.2. The minimum atomic E-state index is 0.0787. The third-order valence-electron chi connectivity index (χ3n) is 3.30. The van der Waals surface area contributed by atoms with Gasteiger partial charge in [0, 0.05) is 30.8 Å². The fourth-order valence-corrected chi connectivity index (χ4v) is 2.49. The lowest BCUT2D eigenvalue weighted by Gasteiger charge is -2.15. The average molecular weight is 242 g/mol. The zero-order valence-corrected chi connectivity index (χ0v) is 10.1. The molecule has 0 bridgehead atoms. The van der Waals surface area contributed by atoms with Gasteiger partial charge in [-0.1, -0.05) is 12.1 Å². The number of anilines is 2. The Hall–Kier alpha value is -2.30. The second-order valence-electron chi connectivity index (χ2n) is 4.43. The van der Waals surface area contributed by atoms with Crippen molar-refractivity contribution in [1.29, 1.82) is 0 Å². The largest absolute Gasteiger partial charge is 0.382 e. The van der Waals surface area contributed by atoms with Crippen molar-refractivity contribution in [2.24, 2.45) is 0 Å². The quantitative estimate of drug-likeness (QED) is 0.797. The van der Waals surface area contributed by atoms with Gasteiger partial charge in [0.25, 0.3) is 0 Å². The van der Waals surface area contributed by atoms with Crippen LogP contribution in [0, 0.1) is 0 Å². The molecular weight excluding hydrogens is 228 g/mol. The standard InChI is InChI=1S/C13H14N4O/c1-8(18)17-6-5-10-9(3-2-4-12(10)17)11-7-13(14)16-15-11/h2-4,7H,5-6H2,1H3,(H3,14,15,16). The van der Waals surface area contributed by atoms with Gasteiger partial charge in [0.1, 0.15) is 5.82 Å².